The average molecular weight is 567 g/mol. The van der Waals surface area contributed by atoms with Gasteiger partial charge in [0.2, 0.25) is 5.91 Å². The lowest BCUT2D eigenvalue weighted by Gasteiger charge is -2.19. The third-order valence-corrected chi connectivity index (χ3v) is 6.95. The molecule has 0 radical (unpaired) electrons. The topological polar surface area (TPSA) is 103 Å². The molecule has 3 amide bonds. The molecule has 5 rings (SSSR count). The van der Waals surface area contributed by atoms with Crippen molar-refractivity contribution in [1.29, 1.82) is 0 Å². The maximum absolute atomic E-state index is 12.9. The van der Waals surface area contributed by atoms with E-state index in [0.717, 1.165) is 22.2 Å². The molecule has 0 atom stereocenters. The summed E-state index contributed by atoms with van der Waals surface area (Å²) in [5, 5.41) is 2.80. The fourth-order valence-corrected chi connectivity index (χ4v) is 4.85. The number of halogens is 1. The lowest BCUT2D eigenvalue weighted by molar-refractivity contribution is -0.127. The zero-order chi connectivity index (χ0) is 27.4. The number of imide groups is 1. The van der Waals surface area contributed by atoms with E-state index in [1.54, 1.807) is 54.6 Å². The highest BCUT2D eigenvalue weighted by Gasteiger charge is 2.36. The van der Waals surface area contributed by atoms with Crippen molar-refractivity contribution in [2.24, 2.45) is 0 Å². The van der Waals surface area contributed by atoms with Crippen molar-refractivity contribution in [3.63, 3.8) is 0 Å². The number of methoxy groups -OCH3 is 1. The van der Waals surface area contributed by atoms with Crippen LogP contribution in [0.5, 0.6) is 23.0 Å². The molecule has 2 aliphatic rings. The van der Waals surface area contributed by atoms with Gasteiger partial charge in [-0.2, -0.15) is 0 Å². The van der Waals surface area contributed by atoms with Crippen LogP contribution in [0.25, 0.3) is 6.08 Å². The molecule has 3 aromatic rings. The maximum atomic E-state index is 12.9. The molecule has 1 saturated heterocycles. The molecule has 11 heteroatoms. The standard InChI is InChI=1S/C28H23ClN2O7S/c1-35-23-12-18(4-8-21(23)38-16-17-2-5-19(29)6-3-17)13-25-27(33)31(28(34)39-25)15-26(32)30-20-7-9-22-24(14-20)37-11-10-36-22/h2-9,12-14H,10-11,15-16H2,1H3,(H,30,32)/b25-13+. The summed E-state index contributed by atoms with van der Waals surface area (Å²) in [6.07, 6.45) is 1.58. The number of hydrogen-bond donors (Lipinski definition) is 1. The summed E-state index contributed by atoms with van der Waals surface area (Å²) in [4.78, 5) is 39.2. The number of rotatable bonds is 8. The number of carbonyl (C=O) groups excluding carboxylic acids is 3. The Kier molecular flexibility index (Phi) is 7.94. The fourth-order valence-electron chi connectivity index (χ4n) is 3.89. The fraction of sp³-hybridized carbons (Fsp3) is 0.179. The number of nitrogens with one attached hydrogen (secondary N) is 1. The summed E-state index contributed by atoms with van der Waals surface area (Å²) in [7, 11) is 1.52. The zero-order valence-corrected chi connectivity index (χ0v) is 22.3. The highest BCUT2D eigenvalue weighted by atomic mass is 35.5. The van der Waals surface area contributed by atoms with E-state index in [1.807, 2.05) is 12.1 Å². The molecule has 9 nitrogen and oxygen atoms in total. The molecule has 39 heavy (non-hydrogen) atoms. The smallest absolute Gasteiger partial charge is 0.294 e. The Morgan fingerprint density at radius 3 is 2.56 bits per heavy atom. The lowest BCUT2D eigenvalue weighted by atomic mass is 10.1. The van der Waals surface area contributed by atoms with Gasteiger partial charge < -0.3 is 24.3 Å². The second kappa shape index (κ2) is 11.7. The van der Waals surface area contributed by atoms with Gasteiger partial charge >= 0.3 is 0 Å². The number of nitrogens with zero attached hydrogens (tertiary/aromatic N) is 1. The van der Waals surface area contributed by atoms with Gasteiger partial charge in [-0.3, -0.25) is 19.3 Å². The predicted octanol–water partition coefficient (Wildman–Crippen LogP) is 5.37. The number of anilines is 1. The molecule has 2 heterocycles. The van der Waals surface area contributed by atoms with E-state index in [2.05, 4.69) is 5.32 Å². The minimum atomic E-state index is -0.552. The monoisotopic (exact) mass is 566 g/mol. The number of hydrogen-bond acceptors (Lipinski definition) is 8. The van der Waals surface area contributed by atoms with Crippen molar-refractivity contribution >= 4 is 52.2 Å². The molecular formula is C28H23ClN2O7S. The Balaban J connectivity index is 1.22. The summed E-state index contributed by atoms with van der Waals surface area (Å²) < 4.78 is 22.3. The minimum Gasteiger partial charge on any atom is -0.493 e. The number of benzene rings is 3. The number of ether oxygens (including phenoxy) is 4. The summed E-state index contributed by atoms with van der Waals surface area (Å²) in [6.45, 7) is 0.774. The van der Waals surface area contributed by atoms with E-state index in [9.17, 15) is 14.4 Å². The number of fused-ring (bicyclic) bond motifs is 1. The molecule has 0 aliphatic carbocycles. The second-order valence-corrected chi connectivity index (χ2v) is 9.93. The highest BCUT2D eigenvalue weighted by Crippen LogP contribution is 2.35. The van der Waals surface area contributed by atoms with E-state index in [1.165, 1.54) is 7.11 Å². The molecule has 0 saturated carbocycles. The van der Waals surface area contributed by atoms with Crippen LogP contribution in [0.1, 0.15) is 11.1 Å². The molecule has 0 aromatic heterocycles. The van der Waals surface area contributed by atoms with Crippen LogP contribution in [0.4, 0.5) is 10.5 Å². The first-order valence-corrected chi connectivity index (χ1v) is 13.1. The molecule has 0 bridgehead atoms. The number of thioether (sulfide) groups is 1. The van der Waals surface area contributed by atoms with Gasteiger partial charge in [0, 0.05) is 16.8 Å². The first-order valence-electron chi connectivity index (χ1n) is 11.9. The first-order chi connectivity index (χ1) is 18.9. The normalized spacial score (nSPS) is 15.4. The van der Waals surface area contributed by atoms with Crippen molar-refractivity contribution in [3.8, 4) is 23.0 Å². The Morgan fingerprint density at radius 2 is 1.79 bits per heavy atom. The summed E-state index contributed by atoms with van der Waals surface area (Å²) >= 11 is 6.70. The van der Waals surface area contributed by atoms with Crippen LogP contribution < -0.4 is 24.3 Å². The number of amides is 3. The second-order valence-electron chi connectivity index (χ2n) is 8.50. The highest BCUT2D eigenvalue weighted by molar-refractivity contribution is 8.18. The molecule has 1 fully saturated rings. The Labute approximate surface area is 233 Å². The molecule has 0 unspecified atom stereocenters. The van der Waals surface area contributed by atoms with Gasteiger partial charge in [-0.1, -0.05) is 29.8 Å². The largest absolute Gasteiger partial charge is 0.493 e. The Morgan fingerprint density at radius 1 is 1.03 bits per heavy atom. The number of carbonyl (C=O) groups is 3. The maximum Gasteiger partial charge on any atom is 0.294 e. The van der Waals surface area contributed by atoms with Gasteiger partial charge in [-0.25, -0.2) is 0 Å². The van der Waals surface area contributed by atoms with E-state index in [4.69, 9.17) is 30.5 Å². The van der Waals surface area contributed by atoms with Crippen LogP contribution in [0.2, 0.25) is 5.02 Å². The molecular weight excluding hydrogens is 544 g/mol. The summed E-state index contributed by atoms with van der Waals surface area (Å²) in [5.74, 6) is 1.03. The van der Waals surface area contributed by atoms with E-state index >= 15 is 0 Å². The van der Waals surface area contributed by atoms with Crippen LogP contribution in [-0.2, 0) is 16.2 Å². The summed E-state index contributed by atoms with van der Waals surface area (Å²) in [5.41, 5.74) is 2.05. The molecule has 200 valence electrons. The lowest BCUT2D eigenvalue weighted by Crippen LogP contribution is -2.36. The minimum absolute atomic E-state index is 0.198. The van der Waals surface area contributed by atoms with E-state index in [-0.39, 0.29) is 4.91 Å². The van der Waals surface area contributed by atoms with Crippen LogP contribution in [0, 0.1) is 0 Å². The third kappa shape index (κ3) is 6.30. The van der Waals surface area contributed by atoms with Crippen molar-refractivity contribution in [3.05, 3.63) is 81.7 Å². The predicted molar refractivity (Wildman–Crippen MR) is 148 cm³/mol. The van der Waals surface area contributed by atoms with Crippen molar-refractivity contribution in [2.45, 2.75) is 6.61 Å². The van der Waals surface area contributed by atoms with Crippen LogP contribution in [0.15, 0.2) is 65.6 Å². The van der Waals surface area contributed by atoms with Gasteiger partial charge in [-0.15, -0.1) is 0 Å². The van der Waals surface area contributed by atoms with Crippen LogP contribution >= 0.6 is 23.4 Å². The third-order valence-electron chi connectivity index (χ3n) is 5.79. The Bertz CT molecular complexity index is 1460. The van der Waals surface area contributed by atoms with E-state index < -0.39 is 23.6 Å². The van der Waals surface area contributed by atoms with Crippen LogP contribution in [-0.4, -0.2) is 48.8 Å². The van der Waals surface area contributed by atoms with Gasteiger partial charge in [0.1, 0.15) is 26.4 Å². The van der Waals surface area contributed by atoms with Crippen molar-refractivity contribution in [2.75, 3.05) is 32.2 Å². The quantitative estimate of drug-likeness (QED) is 0.363. The molecule has 2 aliphatic heterocycles. The SMILES string of the molecule is COc1cc(/C=C2/SC(=O)N(CC(=O)Nc3ccc4c(c3)OCCO4)C2=O)ccc1OCc1ccc(Cl)cc1. The molecule has 3 aromatic carbocycles. The molecule has 1 N–H and O–H groups in total. The summed E-state index contributed by atoms with van der Waals surface area (Å²) in [6, 6.07) is 17.5. The van der Waals surface area contributed by atoms with Crippen molar-refractivity contribution in [1.82, 2.24) is 4.90 Å². The van der Waals surface area contributed by atoms with Gasteiger partial charge in [0.25, 0.3) is 11.1 Å². The van der Waals surface area contributed by atoms with E-state index in [0.29, 0.717) is 59.1 Å². The first kappa shape index (κ1) is 26.5. The average Bonchev–Trinajstić information content (AvgIpc) is 3.20. The van der Waals surface area contributed by atoms with Gasteiger partial charge in [0.05, 0.1) is 12.0 Å². The Hall–Kier alpha value is -4.15. The van der Waals surface area contributed by atoms with Gasteiger partial charge in [-0.05, 0) is 65.4 Å². The van der Waals surface area contributed by atoms with Crippen molar-refractivity contribution < 1.29 is 33.3 Å². The zero-order valence-electron chi connectivity index (χ0n) is 20.8. The van der Waals surface area contributed by atoms with Gasteiger partial charge in [0.15, 0.2) is 23.0 Å². The van der Waals surface area contributed by atoms with Crippen LogP contribution in [0.3, 0.4) is 0 Å². The molecule has 0 spiro atoms.